The minimum atomic E-state index is 0.132. The van der Waals surface area contributed by atoms with Crippen LogP contribution in [-0.4, -0.2) is 34.0 Å². The molecule has 0 N–H and O–H groups in total. The third kappa shape index (κ3) is 3.56. The maximum absolute atomic E-state index is 5.56. The molecule has 0 spiro atoms. The molecule has 1 saturated heterocycles. The van der Waals surface area contributed by atoms with E-state index in [9.17, 15) is 0 Å². The zero-order valence-electron chi connectivity index (χ0n) is 10.3. The predicted molar refractivity (Wildman–Crippen MR) is 72.0 cm³/mol. The van der Waals surface area contributed by atoms with Gasteiger partial charge in [0.25, 0.3) is 0 Å². The van der Waals surface area contributed by atoms with Gasteiger partial charge in [0.05, 0.1) is 18.5 Å². The van der Waals surface area contributed by atoms with Gasteiger partial charge in [-0.15, -0.1) is 0 Å². The fourth-order valence-corrected chi connectivity index (χ4v) is 2.28. The Hall–Kier alpha value is -0.840. The normalized spacial score (nSPS) is 17.5. The van der Waals surface area contributed by atoms with Gasteiger partial charge in [0.1, 0.15) is 0 Å². The monoisotopic (exact) mass is 299 g/mol. The molecule has 4 nitrogen and oxygen atoms in total. The van der Waals surface area contributed by atoms with Crippen molar-refractivity contribution in [3.63, 3.8) is 0 Å². The molecule has 0 aromatic carbocycles. The van der Waals surface area contributed by atoms with Crippen molar-refractivity contribution in [1.29, 1.82) is 0 Å². The molecular weight excluding hydrogens is 282 g/mol. The van der Waals surface area contributed by atoms with Gasteiger partial charge in [0.15, 0.2) is 5.82 Å². The number of anilines is 1. The number of piperidine rings is 1. The van der Waals surface area contributed by atoms with Gasteiger partial charge in [-0.05, 0) is 26.7 Å². The molecule has 2 rings (SSSR count). The molecular formula is C12H18BrN3O. The van der Waals surface area contributed by atoms with E-state index in [0.29, 0.717) is 10.7 Å². The van der Waals surface area contributed by atoms with Gasteiger partial charge in [-0.3, -0.25) is 4.98 Å². The van der Waals surface area contributed by atoms with Crippen LogP contribution >= 0.6 is 15.9 Å². The number of aromatic nitrogens is 2. The molecule has 0 saturated carbocycles. The Balaban J connectivity index is 2.05. The van der Waals surface area contributed by atoms with Gasteiger partial charge < -0.3 is 9.64 Å². The zero-order valence-corrected chi connectivity index (χ0v) is 11.9. The van der Waals surface area contributed by atoms with Crippen LogP contribution in [-0.2, 0) is 0 Å². The second-order valence-corrected chi connectivity index (χ2v) is 5.84. The molecule has 0 radical (unpaired) electrons. The molecule has 94 valence electrons. The third-order valence-electron chi connectivity index (χ3n) is 2.70. The van der Waals surface area contributed by atoms with Gasteiger partial charge in [0, 0.05) is 17.9 Å². The highest BCUT2D eigenvalue weighted by Gasteiger charge is 2.18. The summed E-state index contributed by atoms with van der Waals surface area (Å²) in [7, 11) is 0. The van der Waals surface area contributed by atoms with Crippen molar-refractivity contribution in [1.82, 2.24) is 9.97 Å². The lowest BCUT2D eigenvalue weighted by Crippen LogP contribution is -2.34. The van der Waals surface area contributed by atoms with E-state index in [4.69, 9.17) is 4.74 Å². The maximum atomic E-state index is 5.56. The van der Waals surface area contributed by atoms with Crippen LogP contribution in [0.15, 0.2) is 12.4 Å². The molecule has 17 heavy (non-hydrogen) atoms. The van der Waals surface area contributed by atoms with Crippen molar-refractivity contribution in [3.05, 3.63) is 12.4 Å². The first-order valence-electron chi connectivity index (χ1n) is 6.03. The minimum absolute atomic E-state index is 0.132. The van der Waals surface area contributed by atoms with Crippen molar-refractivity contribution in [2.45, 2.75) is 37.6 Å². The average Bonchev–Trinajstić information content (AvgIpc) is 2.29. The number of nitrogens with zero attached hydrogens (tertiary/aromatic N) is 3. The van der Waals surface area contributed by atoms with Gasteiger partial charge in [-0.25, -0.2) is 0 Å². The molecule has 1 aromatic rings. The summed E-state index contributed by atoms with van der Waals surface area (Å²) in [4.78, 5) is 11.6. The molecule has 0 atom stereocenters. The van der Waals surface area contributed by atoms with Crippen molar-refractivity contribution in [3.8, 4) is 5.88 Å². The Morgan fingerprint density at radius 2 is 2.06 bits per heavy atom. The van der Waals surface area contributed by atoms with Crippen LogP contribution in [0, 0.1) is 0 Å². The van der Waals surface area contributed by atoms with Crippen molar-refractivity contribution < 1.29 is 4.74 Å². The van der Waals surface area contributed by atoms with E-state index in [-0.39, 0.29) is 6.10 Å². The Morgan fingerprint density at radius 3 is 2.71 bits per heavy atom. The molecule has 0 amide bonds. The van der Waals surface area contributed by atoms with E-state index >= 15 is 0 Å². The first-order valence-corrected chi connectivity index (χ1v) is 6.94. The number of rotatable bonds is 3. The smallest absolute Gasteiger partial charge is 0.234 e. The standard InChI is InChI=1S/C12H18BrN3O/c1-9(2)17-12-8-14-7-11(15-12)16-5-3-10(13)4-6-16/h7-10H,3-6H2,1-2H3. The van der Waals surface area contributed by atoms with E-state index in [1.807, 2.05) is 20.0 Å². The van der Waals surface area contributed by atoms with Crippen LogP contribution < -0.4 is 9.64 Å². The summed E-state index contributed by atoms with van der Waals surface area (Å²) in [6, 6.07) is 0. The van der Waals surface area contributed by atoms with Crippen LogP contribution in [0.1, 0.15) is 26.7 Å². The summed E-state index contributed by atoms with van der Waals surface area (Å²) >= 11 is 3.65. The van der Waals surface area contributed by atoms with Crippen molar-refractivity contribution in [2.24, 2.45) is 0 Å². The van der Waals surface area contributed by atoms with Gasteiger partial charge in [-0.1, -0.05) is 15.9 Å². The van der Waals surface area contributed by atoms with Gasteiger partial charge in [-0.2, -0.15) is 4.98 Å². The number of ether oxygens (including phenoxy) is 1. The molecule has 0 aliphatic carbocycles. The zero-order chi connectivity index (χ0) is 12.3. The van der Waals surface area contributed by atoms with Crippen LogP contribution in [0.4, 0.5) is 5.82 Å². The number of hydrogen-bond acceptors (Lipinski definition) is 4. The van der Waals surface area contributed by atoms with Gasteiger partial charge >= 0.3 is 0 Å². The molecule has 1 fully saturated rings. The van der Waals surface area contributed by atoms with Gasteiger partial charge in [0.2, 0.25) is 5.88 Å². The highest BCUT2D eigenvalue weighted by atomic mass is 79.9. The van der Waals surface area contributed by atoms with E-state index in [0.717, 1.165) is 31.7 Å². The lowest BCUT2D eigenvalue weighted by Gasteiger charge is -2.30. The fourth-order valence-electron chi connectivity index (χ4n) is 1.87. The highest BCUT2D eigenvalue weighted by molar-refractivity contribution is 9.09. The molecule has 0 bridgehead atoms. The second kappa shape index (κ2) is 5.67. The second-order valence-electron chi connectivity index (χ2n) is 4.54. The van der Waals surface area contributed by atoms with Crippen LogP contribution in [0.5, 0.6) is 5.88 Å². The first-order chi connectivity index (χ1) is 8.15. The molecule has 5 heteroatoms. The number of hydrogen-bond donors (Lipinski definition) is 0. The Morgan fingerprint density at radius 1 is 1.35 bits per heavy atom. The SMILES string of the molecule is CC(C)Oc1cncc(N2CCC(Br)CC2)n1. The van der Waals surface area contributed by atoms with E-state index in [1.54, 1.807) is 6.20 Å². The maximum Gasteiger partial charge on any atom is 0.234 e. The van der Waals surface area contributed by atoms with Crippen molar-refractivity contribution >= 4 is 21.7 Å². The van der Waals surface area contributed by atoms with E-state index < -0.39 is 0 Å². The lowest BCUT2D eigenvalue weighted by atomic mass is 10.1. The molecule has 0 unspecified atom stereocenters. The highest BCUT2D eigenvalue weighted by Crippen LogP contribution is 2.22. The topological polar surface area (TPSA) is 38.2 Å². The van der Waals surface area contributed by atoms with Crippen molar-refractivity contribution in [2.75, 3.05) is 18.0 Å². The average molecular weight is 300 g/mol. The molecule has 1 aliphatic heterocycles. The fraction of sp³-hybridized carbons (Fsp3) is 0.667. The Bertz CT molecular complexity index is 365. The molecule has 1 aliphatic rings. The molecule has 2 heterocycles. The van der Waals surface area contributed by atoms with E-state index in [1.165, 1.54) is 0 Å². The summed E-state index contributed by atoms with van der Waals surface area (Å²) in [6.45, 7) is 6.03. The number of halogens is 1. The Labute approximate surface area is 111 Å². The quantitative estimate of drug-likeness (QED) is 0.804. The van der Waals surface area contributed by atoms with Crippen LogP contribution in [0.3, 0.4) is 0 Å². The van der Waals surface area contributed by atoms with E-state index in [2.05, 4.69) is 30.8 Å². The minimum Gasteiger partial charge on any atom is -0.474 e. The summed E-state index contributed by atoms with van der Waals surface area (Å²) in [5.41, 5.74) is 0. The molecule has 1 aromatic heterocycles. The Kier molecular flexibility index (Phi) is 4.20. The third-order valence-corrected chi connectivity index (χ3v) is 3.62. The van der Waals surface area contributed by atoms with Crippen LogP contribution in [0.2, 0.25) is 0 Å². The summed E-state index contributed by atoms with van der Waals surface area (Å²) in [6.07, 6.45) is 5.91. The predicted octanol–water partition coefficient (Wildman–Crippen LogP) is 2.63. The summed E-state index contributed by atoms with van der Waals surface area (Å²) in [5.74, 6) is 1.53. The summed E-state index contributed by atoms with van der Waals surface area (Å²) < 4.78 is 5.56. The first kappa shape index (κ1) is 12.6. The lowest BCUT2D eigenvalue weighted by molar-refractivity contribution is 0.231. The number of alkyl halides is 1. The van der Waals surface area contributed by atoms with Crippen LogP contribution in [0.25, 0.3) is 0 Å². The largest absolute Gasteiger partial charge is 0.474 e. The summed E-state index contributed by atoms with van der Waals surface area (Å²) in [5, 5.41) is 0.